The Morgan fingerprint density at radius 1 is 0.583 bits per heavy atom. The maximum Gasteiger partial charge on any atom is 0.460 e. The van der Waals surface area contributed by atoms with Crippen molar-refractivity contribution in [1.29, 1.82) is 0 Å². The van der Waals surface area contributed by atoms with Gasteiger partial charge in [-0.2, -0.15) is 47.9 Å². The lowest BCUT2D eigenvalue weighted by atomic mass is 10.1. The van der Waals surface area contributed by atoms with E-state index >= 15 is 8.78 Å². The Kier molecular flexibility index (Phi) is 12.3. The molecule has 0 aliphatic carbocycles. The van der Waals surface area contributed by atoms with Crippen LogP contribution in [0.25, 0.3) is 0 Å². The predicted molar refractivity (Wildman–Crippen MR) is 160 cm³/mol. The van der Waals surface area contributed by atoms with Gasteiger partial charge in [0.15, 0.2) is 0 Å². The Morgan fingerprint density at radius 3 is 1.35 bits per heavy atom. The summed E-state index contributed by atoms with van der Waals surface area (Å²) in [5, 5.41) is -7.14. The van der Waals surface area contributed by atoms with Crippen molar-refractivity contribution in [2.24, 2.45) is 0 Å². The van der Waals surface area contributed by atoms with Crippen LogP contribution in [-0.2, 0) is 13.7 Å². The molecule has 0 unspecified atom stereocenters. The van der Waals surface area contributed by atoms with Gasteiger partial charge in [0.2, 0.25) is 0 Å². The fraction of sp³-hybridized carbons (Fsp3) is 0.419. The molecule has 0 saturated heterocycles. The summed E-state index contributed by atoms with van der Waals surface area (Å²) in [5.41, 5.74) is 0. The zero-order valence-electron chi connectivity index (χ0n) is 25.8. The number of alkyl halides is 9. The van der Waals surface area contributed by atoms with Gasteiger partial charge in [0, 0.05) is 21.9 Å². The molecule has 0 bridgehead atoms. The number of benzene rings is 3. The molecule has 0 radical (unpaired) electrons. The molecule has 268 valence electrons. The first kappa shape index (κ1) is 39.1. The third kappa shape index (κ3) is 7.32. The third-order valence-electron chi connectivity index (χ3n) is 6.45. The molecule has 3 rings (SSSR count). The first-order chi connectivity index (χ1) is 22.4. The van der Waals surface area contributed by atoms with Gasteiger partial charge in [-0.05, 0) is 53.8 Å². The Morgan fingerprint density at radius 2 is 0.979 bits per heavy atom. The van der Waals surface area contributed by atoms with Crippen LogP contribution in [0.5, 0.6) is 17.2 Å². The van der Waals surface area contributed by atoms with E-state index in [9.17, 15) is 39.2 Å². The number of hydrogen-bond acceptors (Lipinski definition) is 6. The second kappa shape index (κ2) is 15.1. The fourth-order valence-corrected chi connectivity index (χ4v) is 9.57. The predicted octanol–water partition coefficient (Wildman–Crippen LogP) is 10.0. The van der Waals surface area contributed by atoms with Crippen molar-refractivity contribution in [3.05, 3.63) is 72.8 Å². The highest BCUT2D eigenvalue weighted by atomic mass is 32.3. The quantitative estimate of drug-likeness (QED) is 0.129. The molecule has 0 spiro atoms. The van der Waals surface area contributed by atoms with Crippen LogP contribution in [0, 0.1) is 0 Å². The molecular weight excluding hydrogens is 703 g/mol. The van der Waals surface area contributed by atoms with Gasteiger partial charge in [0.1, 0.15) is 22.1 Å². The van der Waals surface area contributed by atoms with Gasteiger partial charge in [-0.1, -0.05) is 57.2 Å². The van der Waals surface area contributed by atoms with Gasteiger partial charge in [-0.25, -0.2) is 3.63 Å². The van der Waals surface area contributed by atoms with E-state index in [4.69, 9.17) is 17.8 Å². The lowest BCUT2D eigenvalue weighted by molar-refractivity contribution is -0.382. The zero-order valence-corrected chi connectivity index (χ0v) is 27.5. The SMILES string of the molecule is CCCOc1cc(OCCC)c(S(OS(=O)(=O)C(F)(F)C(F)(F)C(F)(F)C(F)(F)F)(c2ccccc2)c2ccccc2)c(OCCC)c1. The van der Waals surface area contributed by atoms with E-state index in [0.29, 0.717) is 19.3 Å². The lowest BCUT2D eigenvalue weighted by Crippen LogP contribution is -2.63. The first-order valence-electron chi connectivity index (χ1n) is 14.5. The van der Waals surface area contributed by atoms with Crippen molar-refractivity contribution in [2.45, 2.75) is 78.0 Å². The molecule has 0 aromatic heterocycles. The van der Waals surface area contributed by atoms with Crippen molar-refractivity contribution in [2.75, 3.05) is 19.8 Å². The van der Waals surface area contributed by atoms with E-state index in [1.807, 2.05) is 0 Å². The topological polar surface area (TPSA) is 71.1 Å². The largest absolute Gasteiger partial charge is 0.493 e. The number of ether oxygens (including phenoxy) is 3. The molecule has 0 amide bonds. The van der Waals surface area contributed by atoms with E-state index in [-0.39, 0.29) is 46.9 Å². The Labute approximate surface area is 273 Å². The molecule has 0 saturated carbocycles. The Bertz CT molecular complexity index is 1540. The van der Waals surface area contributed by atoms with Crippen LogP contribution in [0.15, 0.2) is 87.5 Å². The molecule has 0 atom stereocenters. The van der Waals surface area contributed by atoms with Gasteiger partial charge < -0.3 is 14.2 Å². The van der Waals surface area contributed by atoms with Crippen LogP contribution < -0.4 is 14.2 Å². The van der Waals surface area contributed by atoms with Crippen LogP contribution >= 0.6 is 10.3 Å². The van der Waals surface area contributed by atoms with Crippen molar-refractivity contribution in [3.8, 4) is 17.2 Å². The van der Waals surface area contributed by atoms with Gasteiger partial charge in [-0.15, -0.1) is 0 Å². The smallest absolute Gasteiger partial charge is 0.460 e. The minimum Gasteiger partial charge on any atom is -0.493 e. The summed E-state index contributed by atoms with van der Waals surface area (Å²) >= 11 is 0. The lowest BCUT2D eigenvalue weighted by Gasteiger charge is -2.42. The van der Waals surface area contributed by atoms with E-state index < -0.39 is 48.6 Å². The minimum absolute atomic E-state index is 0.0741. The van der Waals surface area contributed by atoms with Crippen LogP contribution in [0.4, 0.5) is 39.5 Å². The van der Waals surface area contributed by atoms with Crippen LogP contribution in [0.3, 0.4) is 0 Å². The highest BCUT2D eigenvalue weighted by Crippen LogP contribution is 2.75. The van der Waals surface area contributed by atoms with E-state index in [0.717, 1.165) is 0 Å². The average molecular weight is 737 g/mol. The summed E-state index contributed by atoms with van der Waals surface area (Å²) < 4.78 is 177. The molecule has 3 aromatic carbocycles. The molecule has 6 nitrogen and oxygen atoms in total. The summed E-state index contributed by atoms with van der Waals surface area (Å²) in [5.74, 6) is -15.5. The summed E-state index contributed by atoms with van der Waals surface area (Å²) in [6.45, 7) is 5.22. The molecule has 0 fully saturated rings. The minimum atomic E-state index is -7.53. The van der Waals surface area contributed by atoms with Gasteiger partial charge in [0.05, 0.1) is 19.8 Å². The van der Waals surface area contributed by atoms with Gasteiger partial charge >= 0.3 is 33.4 Å². The maximum absolute atomic E-state index is 15.4. The normalized spacial score (nSPS) is 13.7. The summed E-state index contributed by atoms with van der Waals surface area (Å²) in [7, 11) is -11.8. The fourth-order valence-electron chi connectivity index (χ4n) is 4.18. The number of rotatable bonds is 17. The van der Waals surface area contributed by atoms with E-state index in [1.54, 1.807) is 20.8 Å². The molecule has 0 aliphatic rings. The van der Waals surface area contributed by atoms with Crippen molar-refractivity contribution in [1.82, 2.24) is 0 Å². The molecule has 48 heavy (non-hydrogen) atoms. The molecule has 0 N–H and O–H groups in total. The molecular formula is C31H33F9O6S2. The van der Waals surface area contributed by atoms with E-state index in [1.165, 1.54) is 72.8 Å². The zero-order chi connectivity index (χ0) is 36.0. The number of halogens is 9. The first-order valence-corrected chi connectivity index (χ1v) is 17.5. The summed E-state index contributed by atoms with van der Waals surface area (Å²) in [6.07, 6.45) is -6.04. The average Bonchev–Trinajstić information content (AvgIpc) is 3.04. The van der Waals surface area contributed by atoms with Crippen molar-refractivity contribution in [3.63, 3.8) is 0 Å². The van der Waals surface area contributed by atoms with Crippen LogP contribution in [-0.4, -0.2) is 51.5 Å². The highest BCUT2D eigenvalue weighted by Gasteiger charge is 2.86. The number of hydrogen-bond donors (Lipinski definition) is 0. The van der Waals surface area contributed by atoms with Gasteiger partial charge in [0.25, 0.3) is 0 Å². The molecule has 0 heterocycles. The highest BCUT2D eigenvalue weighted by molar-refractivity contribution is 8.33. The molecule has 0 aliphatic heterocycles. The van der Waals surface area contributed by atoms with Gasteiger partial charge in [-0.3, -0.25) is 0 Å². The second-order valence-electron chi connectivity index (χ2n) is 10.2. The summed E-state index contributed by atoms with van der Waals surface area (Å²) in [6, 6.07) is 15.4. The monoisotopic (exact) mass is 736 g/mol. The Hall–Kier alpha value is -3.31. The third-order valence-corrected chi connectivity index (χ3v) is 11.7. The standard InChI is InChI=1S/C31H33F9O6S2/c1-4-17-43-22-20-25(44-18-5-2)27(26(21-22)45-19-6-3)47(23-13-9-7-10-14-23,24-15-11-8-12-16-24)46-48(41,42)31(39,40)29(34,35)28(32,33)30(36,37)38/h7-16,20-21H,4-6,17-19H2,1-3H3. The molecule has 3 aromatic rings. The second-order valence-corrected chi connectivity index (χ2v) is 14.6. The van der Waals surface area contributed by atoms with Crippen LogP contribution in [0.1, 0.15) is 40.0 Å². The van der Waals surface area contributed by atoms with Crippen molar-refractivity contribution < 1.29 is 65.8 Å². The maximum atomic E-state index is 15.4. The van der Waals surface area contributed by atoms with Crippen LogP contribution in [0.2, 0.25) is 0 Å². The summed E-state index contributed by atoms with van der Waals surface area (Å²) in [4.78, 5) is -0.964. The molecule has 17 heteroatoms. The van der Waals surface area contributed by atoms with Crippen molar-refractivity contribution >= 4 is 20.4 Å². The van der Waals surface area contributed by atoms with E-state index in [2.05, 4.69) is 0 Å². The Balaban J connectivity index is 2.56.